The van der Waals surface area contributed by atoms with Gasteiger partial charge in [0.2, 0.25) is 5.91 Å². The van der Waals surface area contributed by atoms with Gasteiger partial charge in [-0.2, -0.15) is 0 Å². The number of urea groups is 1. The molecule has 8 nitrogen and oxygen atoms in total. The summed E-state index contributed by atoms with van der Waals surface area (Å²) in [5.74, 6) is -0.455. The fourth-order valence-electron chi connectivity index (χ4n) is 2.82. The van der Waals surface area contributed by atoms with E-state index in [0.29, 0.717) is 25.9 Å². The van der Waals surface area contributed by atoms with Crippen molar-refractivity contribution in [2.24, 2.45) is 5.73 Å². The van der Waals surface area contributed by atoms with Crippen molar-refractivity contribution in [3.05, 3.63) is 48.5 Å². The van der Waals surface area contributed by atoms with Gasteiger partial charge in [0.25, 0.3) is 0 Å². The van der Waals surface area contributed by atoms with Crippen molar-refractivity contribution in [1.29, 1.82) is 0 Å². The minimum absolute atomic E-state index is 0.179. The molecule has 1 aromatic carbocycles. The molecule has 1 aliphatic heterocycles. The van der Waals surface area contributed by atoms with Crippen LogP contribution in [0.25, 0.3) is 5.69 Å². The summed E-state index contributed by atoms with van der Waals surface area (Å²) >= 11 is 0. The first-order valence-corrected chi connectivity index (χ1v) is 8.16. The molecule has 1 aromatic heterocycles. The summed E-state index contributed by atoms with van der Waals surface area (Å²) in [6.45, 7) is 0.731. The Balaban J connectivity index is 1.48. The van der Waals surface area contributed by atoms with Gasteiger partial charge in [-0.05, 0) is 24.5 Å². The van der Waals surface area contributed by atoms with Gasteiger partial charge in [0.15, 0.2) is 0 Å². The van der Waals surface area contributed by atoms with Crippen LogP contribution in [0.4, 0.5) is 4.79 Å². The van der Waals surface area contributed by atoms with Crippen LogP contribution in [-0.4, -0.2) is 40.2 Å². The van der Waals surface area contributed by atoms with E-state index in [9.17, 15) is 9.59 Å². The molecule has 2 atom stereocenters. The molecule has 25 heavy (non-hydrogen) atoms. The predicted molar refractivity (Wildman–Crippen MR) is 90.9 cm³/mol. The highest BCUT2D eigenvalue weighted by Gasteiger charge is 2.29. The number of benzene rings is 1. The lowest BCUT2D eigenvalue weighted by Gasteiger charge is -2.14. The largest absolute Gasteiger partial charge is 0.367 e. The highest BCUT2D eigenvalue weighted by Crippen LogP contribution is 2.18. The van der Waals surface area contributed by atoms with E-state index in [2.05, 4.69) is 15.6 Å². The van der Waals surface area contributed by atoms with Crippen molar-refractivity contribution < 1.29 is 14.3 Å². The number of carbonyl (C=O) groups excluding carboxylic acids is 2. The van der Waals surface area contributed by atoms with Gasteiger partial charge in [-0.25, -0.2) is 9.78 Å². The third-order valence-electron chi connectivity index (χ3n) is 4.13. The Labute approximate surface area is 145 Å². The summed E-state index contributed by atoms with van der Waals surface area (Å²) < 4.78 is 7.37. The Kier molecular flexibility index (Phi) is 5.30. The Morgan fingerprint density at radius 3 is 2.84 bits per heavy atom. The molecule has 2 heterocycles. The maximum atomic E-state index is 12.0. The van der Waals surface area contributed by atoms with Gasteiger partial charge < -0.3 is 25.7 Å². The fraction of sp³-hybridized carbons (Fsp3) is 0.353. The zero-order valence-corrected chi connectivity index (χ0v) is 13.7. The molecular formula is C17H21N5O3. The molecule has 0 radical (unpaired) electrons. The minimum atomic E-state index is -0.545. The third-order valence-corrected chi connectivity index (χ3v) is 4.13. The number of carbonyl (C=O) groups is 2. The number of ether oxygens (including phenoxy) is 1. The van der Waals surface area contributed by atoms with E-state index in [1.54, 1.807) is 12.5 Å². The Bertz CT molecular complexity index is 732. The average molecular weight is 343 g/mol. The SMILES string of the molecule is NC(=O)C1CCC(CNC(=O)NCc2ccccc2-n2ccnc2)O1. The number of primary amides is 1. The van der Waals surface area contributed by atoms with Gasteiger partial charge in [0.1, 0.15) is 6.10 Å². The van der Waals surface area contributed by atoms with Crippen LogP contribution in [0.5, 0.6) is 0 Å². The van der Waals surface area contributed by atoms with Crippen LogP contribution >= 0.6 is 0 Å². The first kappa shape index (κ1) is 17.0. The van der Waals surface area contributed by atoms with Crippen LogP contribution in [-0.2, 0) is 16.1 Å². The summed E-state index contributed by atoms with van der Waals surface area (Å²) in [5, 5.41) is 5.59. The van der Waals surface area contributed by atoms with Crippen LogP contribution in [0.1, 0.15) is 18.4 Å². The van der Waals surface area contributed by atoms with Crippen molar-refractivity contribution in [2.75, 3.05) is 6.54 Å². The van der Waals surface area contributed by atoms with Crippen LogP contribution in [0.2, 0.25) is 0 Å². The Hall–Kier alpha value is -2.87. The van der Waals surface area contributed by atoms with E-state index >= 15 is 0 Å². The summed E-state index contributed by atoms with van der Waals surface area (Å²) in [7, 11) is 0. The number of hydrogen-bond donors (Lipinski definition) is 3. The average Bonchev–Trinajstić information content (AvgIpc) is 3.30. The van der Waals surface area contributed by atoms with E-state index in [1.807, 2.05) is 35.0 Å². The number of aromatic nitrogens is 2. The molecule has 4 N–H and O–H groups in total. The van der Waals surface area contributed by atoms with Crippen LogP contribution in [0.15, 0.2) is 43.0 Å². The quantitative estimate of drug-likeness (QED) is 0.717. The maximum absolute atomic E-state index is 12.0. The van der Waals surface area contributed by atoms with Crippen molar-refractivity contribution in [2.45, 2.75) is 31.6 Å². The molecule has 8 heteroatoms. The maximum Gasteiger partial charge on any atom is 0.315 e. The highest BCUT2D eigenvalue weighted by atomic mass is 16.5. The zero-order valence-electron chi connectivity index (χ0n) is 13.7. The number of nitrogens with zero attached hydrogens (tertiary/aromatic N) is 2. The molecule has 1 fully saturated rings. The third kappa shape index (κ3) is 4.36. The molecule has 0 saturated carbocycles. The zero-order chi connectivity index (χ0) is 17.6. The molecule has 0 bridgehead atoms. The van der Waals surface area contributed by atoms with Crippen molar-refractivity contribution >= 4 is 11.9 Å². The second-order valence-electron chi connectivity index (χ2n) is 5.89. The van der Waals surface area contributed by atoms with E-state index in [1.165, 1.54) is 0 Å². The van der Waals surface area contributed by atoms with Gasteiger partial charge in [-0.15, -0.1) is 0 Å². The lowest BCUT2D eigenvalue weighted by Crippen LogP contribution is -2.40. The lowest BCUT2D eigenvalue weighted by molar-refractivity contribution is -0.128. The number of hydrogen-bond acceptors (Lipinski definition) is 4. The number of nitrogens with two attached hydrogens (primary N) is 1. The van der Waals surface area contributed by atoms with Gasteiger partial charge in [0, 0.05) is 25.5 Å². The molecule has 132 valence electrons. The first-order valence-electron chi connectivity index (χ1n) is 8.16. The summed E-state index contributed by atoms with van der Waals surface area (Å²) in [6, 6.07) is 7.49. The fourth-order valence-corrected chi connectivity index (χ4v) is 2.82. The molecule has 3 amide bonds. The molecule has 3 rings (SSSR count). The number of amides is 3. The van der Waals surface area contributed by atoms with E-state index in [0.717, 1.165) is 11.3 Å². The van der Waals surface area contributed by atoms with E-state index in [4.69, 9.17) is 10.5 Å². The molecule has 0 aliphatic carbocycles. The van der Waals surface area contributed by atoms with Crippen LogP contribution in [0.3, 0.4) is 0 Å². The van der Waals surface area contributed by atoms with Crippen LogP contribution < -0.4 is 16.4 Å². The van der Waals surface area contributed by atoms with Crippen molar-refractivity contribution in [3.8, 4) is 5.69 Å². The molecule has 1 saturated heterocycles. The second-order valence-corrected chi connectivity index (χ2v) is 5.89. The van der Waals surface area contributed by atoms with Crippen molar-refractivity contribution in [3.63, 3.8) is 0 Å². The molecular weight excluding hydrogens is 322 g/mol. The van der Waals surface area contributed by atoms with Crippen molar-refractivity contribution in [1.82, 2.24) is 20.2 Å². The minimum Gasteiger partial charge on any atom is -0.367 e. The number of nitrogens with one attached hydrogen (secondary N) is 2. The van der Waals surface area contributed by atoms with Gasteiger partial charge >= 0.3 is 6.03 Å². The molecule has 2 aromatic rings. The smallest absolute Gasteiger partial charge is 0.315 e. The summed E-state index contributed by atoms with van der Waals surface area (Å²) in [4.78, 5) is 27.1. The summed E-state index contributed by atoms with van der Waals surface area (Å²) in [5.41, 5.74) is 7.15. The normalized spacial score (nSPS) is 19.5. The highest BCUT2D eigenvalue weighted by molar-refractivity contribution is 5.79. The first-order chi connectivity index (χ1) is 12.1. The molecule has 1 aliphatic rings. The van der Waals surface area contributed by atoms with Gasteiger partial charge in [-0.1, -0.05) is 18.2 Å². The standard InChI is InChI=1S/C17H21N5O3/c18-16(23)15-6-5-13(25-15)10-21-17(24)20-9-12-3-1-2-4-14(12)22-8-7-19-11-22/h1-4,7-8,11,13,15H,5-6,9-10H2,(H2,18,23)(H2,20,21,24). The summed E-state index contributed by atoms with van der Waals surface area (Å²) in [6.07, 6.45) is 5.85. The van der Waals surface area contributed by atoms with Gasteiger partial charge in [0.05, 0.1) is 18.1 Å². The predicted octanol–water partition coefficient (Wildman–Crippen LogP) is 0.704. The Morgan fingerprint density at radius 2 is 2.12 bits per heavy atom. The van der Waals surface area contributed by atoms with Crippen LogP contribution in [0, 0.1) is 0 Å². The number of imidazole rings is 1. The number of para-hydroxylation sites is 1. The van der Waals surface area contributed by atoms with E-state index < -0.39 is 12.0 Å². The molecule has 2 unspecified atom stereocenters. The lowest BCUT2D eigenvalue weighted by atomic mass is 10.1. The van der Waals surface area contributed by atoms with Gasteiger partial charge in [-0.3, -0.25) is 4.79 Å². The second kappa shape index (κ2) is 7.80. The topological polar surface area (TPSA) is 111 Å². The Morgan fingerprint density at radius 1 is 1.28 bits per heavy atom. The monoisotopic (exact) mass is 343 g/mol. The number of rotatable bonds is 6. The van der Waals surface area contributed by atoms with E-state index in [-0.39, 0.29) is 12.1 Å². The molecule has 0 spiro atoms.